The van der Waals surface area contributed by atoms with Gasteiger partial charge < -0.3 is 32.5 Å². The molecule has 1 heterocycles. The number of aliphatic hydroxyl groups is 2. The molecule has 1 aromatic heterocycles. The summed E-state index contributed by atoms with van der Waals surface area (Å²) in [6, 6.07) is 6.02. The second kappa shape index (κ2) is 31.2. The van der Waals surface area contributed by atoms with Gasteiger partial charge in [0.05, 0.1) is 18.8 Å². The molecule has 3 N–H and O–H groups in total. The Balaban J connectivity index is 0.0000152. The van der Waals surface area contributed by atoms with Gasteiger partial charge in [-0.25, -0.2) is 4.57 Å². The lowest BCUT2D eigenvalue weighted by molar-refractivity contribution is -0.697. The molecular weight excluding hydrogens is 560 g/mol. The predicted octanol–water partition coefficient (Wildman–Crippen LogP) is 5.45. The molecule has 0 aromatic carbocycles. The first-order valence-electron chi connectivity index (χ1n) is 16.9. The van der Waals surface area contributed by atoms with E-state index in [1.54, 1.807) is 0 Å². The smallest absolute Gasteiger partial charge is 0.168 e. The first kappa shape index (κ1) is 39.2. The van der Waals surface area contributed by atoms with Gasteiger partial charge in [-0.2, -0.15) is 0 Å². The molecule has 234 valence electrons. The quantitative estimate of drug-likeness (QED) is 0.0631. The van der Waals surface area contributed by atoms with Crippen LogP contribution in [0.3, 0.4) is 0 Å². The van der Waals surface area contributed by atoms with Crippen LogP contribution in [0.15, 0.2) is 42.7 Å². The van der Waals surface area contributed by atoms with Gasteiger partial charge in [0, 0.05) is 18.6 Å². The standard InChI is InChI=1S/C35H65N2O2.BrH/c1-2-3-4-5-6-7-8-9-10-13-16-19-23-28-35(39)34(33-38)36-29-24-20-17-14-11-12-15-18-21-25-30-37-31-26-22-27-32-37;/h22-23,26-28,31-32,34-36,38-39H,2-21,24-25,29-30,33H2,1H3;1H/q+1;/p-1/b28-23+;/t34-,35-;/m0./s1. The van der Waals surface area contributed by atoms with Gasteiger partial charge in [-0.15, -0.1) is 0 Å². The van der Waals surface area contributed by atoms with E-state index in [1.165, 1.54) is 128 Å². The molecule has 0 aliphatic carbocycles. The maximum atomic E-state index is 10.4. The molecule has 0 aliphatic rings. The molecule has 0 spiro atoms. The van der Waals surface area contributed by atoms with Crippen molar-refractivity contribution in [2.75, 3.05) is 13.2 Å². The van der Waals surface area contributed by atoms with Crippen molar-refractivity contribution in [1.82, 2.24) is 5.32 Å². The summed E-state index contributed by atoms with van der Waals surface area (Å²) in [6.45, 7) is 4.26. The molecule has 1 rings (SSSR count). The third-order valence-corrected chi connectivity index (χ3v) is 7.94. The molecule has 0 aliphatic heterocycles. The lowest BCUT2D eigenvalue weighted by atomic mass is 10.0. The van der Waals surface area contributed by atoms with E-state index < -0.39 is 6.10 Å². The van der Waals surface area contributed by atoms with Crippen molar-refractivity contribution in [3.05, 3.63) is 42.7 Å². The van der Waals surface area contributed by atoms with Gasteiger partial charge in [-0.1, -0.05) is 134 Å². The Morgan fingerprint density at radius 3 is 1.65 bits per heavy atom. The topological polar surface area (TPSA) is 56.4 Å². The Bertz CT molecular complexity index is 644. The summed E-state index contributed by atoms with van der Waals surface area (Å²) >= 11 is 0. The summed E-state index contributed by atoms with van der Waals surface area (Å²) in [4.78, 5) is 0. The van der Waals surface area contributed by atoms with E-state index >= 15 is 0 Å². The highest BCUT2D eigenvalue weighted by Gasteiger charge is 2.14. The van der Waals surface area contributed by atoms with Crippen LogP contribution in [0, 0.1) is 0 Å². The number of aliphatic hydroxyl groups excluding tert-OH is 2. The Morgan fingerprint density at radius 2 is 1.12 bits per heavy atom. The van der Waals surface area contributed by atoms with Crippen LogP contribution in [0.25, 0.3) is 0 Å². The van der Waals surface area contributed by atoms with Gasteiger partial charge >= 0.3 is 0 Å². The normalized spacial score (nSPS) is 13.0. The fraction of sp³-hybridized carbons (Fsp3) is 0.800. The van der Waals surface area contributed by atoms with Crippen LogP contribution in [0.4, 0.5) is 0 Å². The van der Waals surface area contributed by atoms with Gasteiger partial charge in [-0.05, 0) is 32.2 Å². The molecule has 5 heteroatoms. The summed E-state index contributed by atoms with van der Waals surface area (Å²) < 4.78 is 2.27. The lowest BCUT2D eigenvalue weighted by Gasteiger charge is -2.19. The van der Waals surface area contributed by atoms with E-state index in [1.807, 2.05) is 6.08 Å². The predicted molar refractivity (Wildman–Crippen MR) is 168 cm³/mol. The third-order valence-electron chi connectivity index (χ3n) is 7.94. The third kappa shape index (κ3) is 25.0. The van der Waals surface area contributed by atoms with Gasteiger partial charge in [0.1, 0.15) is 6.54 Å². The van der Waals surface area contributed by atoms with Gasteiger partial charge in [-0.3, -0.25) is 0 Å². The molecule has 0 saturated carbocycles. The van der Waals surface area contributed by atoms with Gasteiger partial charge in [0.2, 0.25) is 0 Å². The Morgan fingerprint density at radius 1 is 0.650 bits per heavy atom. The van der Waals surface area contributed by atoms with Crippen molar-refractivity contribution < 1.29 is 31.8 Å². The van der Waals surface area contributed by atoms with E-state index in [-0.39, 0.29) is 29.6 Å². The number of nitrogens with one attached hydrogen (secondary N) is 1. The fourth-order valence-corrected chi connectivity index (χ4v) is 5.29. The van der Waals surface area contributed by atoms with E-state index in [0.717, 1.165) is 25.9 Å². The highest BCUT2D eigenvalue weighted by Crippen LogP contribution is 2.13. The molecule has 40 heavy (non-hydrogen) atoms. The number of aromatic nitrogens is 1. The number of unbranched alkanes of at least 4 members (excludes halogenated alkanes) is 20. The van der Waals surface area contributed by atoms with Crippen LogP contribution in [-0.2, 0) is 6.54 Å². The van der Waals surface area contributed by atoms with Crippen molar-refractivity contribution in [3.63, 3.8) is 0 Å². The zero-order chi connectivity index (χ0) is 28.1. The molecule has 0 unspecified atom stereocenters. The van der Waals surface area contributed by atoms with Crippen LogP contribution in [0.2, 0.25) is 0 Å². The van der Waals surface area contributed by atoms with Crippen molar-refractivity contribution in [2.24, 2.45) is 0 Å². The average Bonchev–Trinajstić information content (AvgIpc) is 2.96. The Labute approximate surface area is 259 Å². The van der Waals surface area contributed by atoms with E-state index in [2.05, 4.69) is 53.5 Å². The number of hydrogen-bond donors (Lipinski definition) is 3. The first-order valence-corrected chi connectivity index (χ1v) is 16.9. The van der Waals surface area contributed by atoms with Crippen molar-refractivity contribution in [1.29, 1.82) is 0 Å². The number of rotatable bonds is 29. The fourth-order valence-electron chi connectivity index (χ4n) is 5.29. The highest BCUT2D eigenvalue weighted by atomic mass is 79.9. The van der Waals surface area contributed by atoms with Crippen molar-refractivity contribution >= 4 is 0 Å². The molecule has 0 bridgehead atoms. The number of nitrogens with zero attached hydrogens (tertiary/aromatic N) is 1. The van der Waals surface area contributed by atoms with Crippen molar-refractivity contribution in [3.8, 4) is 0 Å². The maximum Gasteiger partial charge on any atom is 0.168 e. The SMILES string of the molecule is CCCCCCCCCCCCC/C=C/[C@H](O)[C@H](CO)NCCCCCCCCCCCC[n+]1ccccc1.[Br-]. The molecule has 0 fully saturated rings. The zero-order valence-corrected chi connectivity index (χ0v) is 27.7. The Kier molecular flexibility index (Phi) is 30.6. The molecule has 1 aromatic rings. The van der Waals surface area contributed by atoms with Gasteiger partial charge in [0.25, 0.3) is 0 Å². The van der Waals surface area contributed by atoms with Gasteiger partial charge in [0.15, 0.2) is 12.4 Å². The van der Waals surface area contributed by atoms with Crippen LogP contribution in [0.1, 0.15) is 148 Å². The molecular formula is C35H65BrN2O2. The summed E-state index contributed by atoms with van der Waals surface area (Å²) in [6.07, 6.45) is 36.7. The van der Waals surface area contributed by atoms with Crippen LogP contribution >= 0.6 is 0 Å². The van der Waals surface area contributed by atoms with Crippen molar-refractivity contribution in [2.45, 2.75) is 167 Å². The molecule has 4 nitrogen and oxygen atoms in total. The molecule has 2 atom stereocenters. The van der Waals surface area contributed by atoms with E-state index in [4.69, 9.17) is 0 Å². The second-order valence-corrected chi connectivity index (χ2v) is 11.6. The minimum atomic E-state index is -0.603. The minimum absolute atomic E-state index is 0. The summed E-state index contributed by atoms with van der Waals surface area (Å²) in [5, 5.41) is 23.4. The van der Waals surface area contributed by atoms with E-state index in [9.17, 15) is 10.2 Å². The number of allylic oxidation sites excluding steroid dienone is 1. The van der Waals surface area contributed by atoms with E-state index in [0.29, 0.717) is 0 Å². The monoisotopic (exact) mass is 624 g/mol. The largest absolute Gasteiger partial charge is 1.00 e. The molecule has 0 amide bonds. The summed E-state index contributed by atoms with van der Waals surface area (Å²) in [5.74, 6) is 0. The Hall–Kier alpha value is -0.750. The highest BCUT2D eigenvalue weighted by molar-refractivity contribution is 4.94. The number of pyridine rings is 1. The van der Waals surface area contributed by atoms with Crippen LogP contribution < -0.4 is 26.9 Å². The summed E-state index contributed by atoms with van der Waals surface area (Å²) in [5.41, 5.74) is 0. The van der Waals surface area contributed by atoms with Crippen LogP contribution in [-0.4, -0.2) is 35.5 Å². The van der Waals surface area contributed by atoms with Crippen LogP contribution in [0.5, 0.6) is 0 Å². The molecule has 0 radical (unpaired) electrons. The molecule has 0 saturated heterocycles. The summed E-state index contributed by atoms with van der Waals surface area (Å²) in [7, 11) is 0. The number of halogens is 1. The minimum Gasteiger partial charge on any atom is -1.00 e. The maximum absolute atomic E-state index is 10.4. The number of hydrogen-bond acceptors (Lipinski definition) is 3. The lowest BCUT2D eigenvalue weighted by Crippen LogP contribution is -3.00. The zero-order valence-electron chi connectivity index (χ0n) is 26.1. The first-order chi connectivity index (χ1) is 19.3. The number of aryl methyl sites for hydroxylation is 1. The second-order valence-electron chi connectivity index (χ2n) is 11.6. The average molecular weight is 626 g/mol.